The van der Waals surface area contributed by atoms with Crippen molar-refractivity contribution >= 4 is 5.91 Å². The molecule has 0 saturated carbocycles. The van der Waals surface area contributed by atoms with E-state index in [0.29, 0.717) is 36.0 Å². The maximum Gasteiger partial charge on any atom is 0.263 e. The van der Waals surface area contributed by atoms with E-state index in [1.165, 1.54) is 6.20 Å². The summed E-state index contributed by atoms with van der Waals surface area (Å²) in [5.74, 6) is 0.819. The monoisotopic (exact) mass is 420 g/mol. The second-order valence-corrected chi connectivity index (χ2v) is 9.76. The van der Waals surface area contributed by atoms with Gasteiger partial charge in [-0.2, -0.15) is 0 Å². The average Bonchev–Trinajstić information content (AvgIpc) is 3.36. The van der Waals surface area contributed by atoms with Crippen LogP contribution < -0.4 is 5.56 Å². The number of nitrogens with zero attached hydrogens (tertiary/aromatic N) is 4. The summed E-state index contributed by atoms with van der Waals surface area (Å²) in [5.41, 5.74) is 2.26. The van der Waals surface area contributed by atoms with Crippen molar-refractivity contribution in [3.05, 3.63) is 57.8 Å². The van der Waals surface area contributed by atoms with Crippen molar-refractivity contribution in [2.24, 2.45) is 5.92 Å². The Labute approximate surface area is 181 Å². The van der Waals surface area contributed by atoms with Gasteiger partial charge in [-0.15, -0.1) is 0 Å². The molecule has 2 atom stereocenters. The Morgan fingerprint density at radius 2 is 1.81 bits per heavy atom. The Bertz CT molecular complexity index is 1060. The first kappa shape index (κ1) is 19.0. The fourth-order valence-electron chi connectivity index (χ4n) is 6.46. The van der Waals surface area contributed by atoms with E-state index in [0.717, 1.165) is 63.1 Å². The van der Waals surface area contributed by atoms with E-state index in [9.17, 15) is 14.7 Å². The SMILES string of the molecule is O=C(c1ccc2n(c1=O)C[C@H]1C[C@@H]2CN(Cc2ccc(O)cn2)C1)N1C2CCC1CC2. The topological polar surface area (TPSA) is 78.7 Å². The molecule has 6 rings (SSSR count). The number of pyridine rings is 2. The molecule has 1 N–H and O–H groups in total. The largest absolute Gasteiger partial charge is 0.506 e. The number of piperidine rings is 1. The molecule has 2 aromatic heterocycles. The molecule has 0 radical (unpaired) electrons. The van der Waals surface area contributed by atoms with Crippen molar-refractivity contribution in [1.82, 2.24) is 19.4 Å². The quantitative estimate of drug-likeness (QED) is 0.825. The molecule has 1 amide bonds. The fourth-order valence-corrected chi connectivity index (χ4v) is 6.46. The minimum atomic E-state index is -0.0999. The number of aromatic nitrogens is 2. The Kier molecular flexibility index (Phi) is 4.42. The van der Waals surface area contributed by atoms with Gasteiger partial charge in [0.2, 0.25) is 0 Å². The maximum absolute atomic E-state index is 13.3. The molecule has 2 aromatic rings. The van der Waals surface area contributed by atoms with Crippen LogP contribution in [0, 0.1) is 5.92 Å². The van der Waals surface area contributed by atoms with E-state index >= 15 is 0 Å². The molecule has 4 aliphatic heterocycles. The molecular formula is C24H28N4O3. The molecule has 3 fully saturated rings. The van der Waals surface area contributed by atoms with E-state index in [2.05, 4.69) is 9.88 Å². The third-order valence-corrected chi connectivity index (χ3v) is 7.79. The second-order valence-electron chi connectivity index (χ2n) is 9.76. The Balaban J connectivity index is 1.24. The van der Waals surface area contributed by atoms with Gasteiger partial charge in [-0.05, 0) is 62.3 Å². The summed E-state index contributed by atoms with van der Waals surface area (Å²) in [7, 11) is 0. The number of hydrogen-bond acceptors (Lipinski definition) is 5. The van der Waals surface area contributed by atoms with Gasteiger partial charge in [-0.1, -0.05) is 0 Å². The van der Waals surface area contributed by atoms with Gasteiger partial charge in [0.15, 0.2) is 0 Å². The summed E-state index contributed by atoms with van der Waals surface area (Å²) < 4.78 is 1.89. The number of hydrogen-bond donors (Lipinski definition) is 1. The van der Waals surface area contributed by atoms with Crippen molar-refractivity contribution in [3.63, 3.8) is 0 Å². The molecule has 7 nitrogen and oxygen atoms in total. The fraction of sp³-hybridized carbons (Fsp3) is 0.542. The first-order chi connectivity index (χ1) is 15.1. The predicted molar refractivity (Wildman–Crippen MR) is 115 cm³/mol. The smallest absolute Gasteiger partial charge is 0.263 e. The Morgan fingerprint density at radius 1 is 1.03 bits per heavy atom. The zero-order valence-corrected chi connectivity index (χ0v) is 17.6. The van der Waals surface area contributed by atoms with Crippen LogP contribution in [-0.4, -0.2) is 55.5 Å². The van der Waals surface area contributed by atoms with Crippen LogP contribution in [-0.2, 0) is 13.1 Å². The zero-order valence-electron chi connectivity index (χ0n) is 17.6. The van der Waals surface area contributed by atoms with Gasteiger partial charge in [-0.3, -0.25) is 19.5 Å². The number of carbonyl (C=O) groups excluding carboxylic acids is 1. The molecule has 0 spiro atoms. The Hall–Kier alpha value is -2.67. The van der Waals surface area contributed by atoms with Gasteiger partial charge in [0.1, 0.15) is 11.3 Å². The molecule has 0 aromatic carbocycles. The molecule has 7 heteroatoms. The lowest BCUT2D eigenvalue weighted by molar-refractivity contribution is 0.0724. The number of carbonyl (C=O) groups is 1. The summed E-state index contributed by atoms with van der Waals surface area (Å²) in [6.45, 7) is 3.21. The molecule has 4 bridgehead atoms. The molecule has 4 aliphatic rings. The molecular weight excluding hydrogens is 392 g/mol. The molecule has 0 aliphatic carbocycles. The van der Waals surface area contributed by atoms with Crippen LogP contribution in [0.2, 0.25) is 0 Å². The Morgan fingerprint density at radius 3 is 2.52 bits per heavy atom. The highest BCUT2D eigenvalue weighted by atomic mass is 16.3. The van der Waals surface area contributed by atoms with Crippen LogP contribution in [0.25, 0.3) is 0 Å². The standard InChI is InChI=1S/C24H28N4O3/c29-20-6-1-17(25-10-20)14-26-11-15-9-16(13-26)22-8-7-21(23(30)27(22)12-15)24(31)28-18-2-3-19(28)5-4-18/h1,6-8,10,15-16,18-19,29H,2-5,9,11-14H2/t15-,16+,18?,19?/m0/s1. The van der Waals surface area contributed by atoms with Crippen LogP contribution in [0.5, 0.6) is 5.75 Å². The normalized spacial score (nSPS) is 29.2. The van der Waals surface area contributed by atoms with Crippen molar-refractivity contribution < 1.29 is 9.90 Å². The van der Waals surface area contributed by atoms with Gasteiger partial charge in [0.25, 0.3) is 11.5 Å². The minimum Gasteiger partial charge on any atom is -0.506 e. The highest BCUT2D eigenvalue weighted by molar-refractivity contribution is 5.94. The summed E-state index contributed by atoms with van der Waals surface area (Å²) in [6.07, 6.45) is 6.90. The molecule has 31 heavy (non-hydrogen) atoms. The van der Waals surface area contributed by atoms with Crippen LogP contribution in [0.3, 0.4) is 0 Å². The predicted octanol–water partition coefficient (Wildman–Crippen LogP) is 2.34. The third kappa shape index (κ3) is 3.17. The lowest BCUT2D eigenvalue weighted by Gasteiger charge is -2.42. The van der Waals surface area contributed by atoms with E-state index in [1.807, 2.05) is 21.6 Å². The van der Waals surface area contributed by atoms with Crippen molar-refractivity contribution in [2.45, 2.75) is 63.2 Å². The van der Waals surface area contributed by atoms with Crippen LogP contribution in [0.1, 0.15) is 59.8 Å². The van der Waals surface area contributed by atoms with Gasteiger partial charge in [0.05, 0.1) is 11.9 Å². The van der Waals surface area contributed by atoms with Crippen LogP contribution in [0.4, 0.5) is 0 Å². The van der Waals surface area contributed by atoms with Crippen molar-refractivity contribution in [1.29, 1.82) is 0 Å². The lowest BCUT2D eigenvalue weighted by Crippen LogP contribution is -2.48. The van der Waals surface area contributed by atoms with E-state index in [1.54, 1.807) is 12.1 Å². The summed E-state index contributed by atoms with van der Waals surface area (Å²) in [5, 5.41) is 9.46. The van der Waals surface area contributed by atoms with Crippen LogP contribution >= 0.6 is 0 Å². The number of amides is 1. The minimum absolute atomic E-state index is 0.0546. The van der Waals surface area contributed by atoms with E-state index < -0.39 is 0 Å². The van der Waals surface area contributed by atoms with E-state index in [-0.39, 0.29) is 17.2 Å². The molecule has 0 unspecified atom stereocenters. The highest BCUT2D eigenvalue weighted by Gasteiger charge is 2.43. The first-order valence-electron chi connectivity index (χ1n) is 11.5. The summed E-state index contributed by atoms with van der Waals surface area (Å²) >= 11 is 0. The number of fused-ring (bicyclic) bond motifs is 6. The summed E-state index contributed by atoms with van der Waals surface area (Å²) in [4.78, 5) is 35.3. The second kappa shape index (κ2) is 7.19. The number of likely N-dealkylation sites (tertiary alicyclic amines) is 1. The van der Waals surface area contributed by atoms with Crippen LogP contribution in [0.15, 0.2) is 35.3 Å². The highest BCUT2D eigenvalue weighted by Crippen LogP contribution is 2.39. The van der Waals surface area contributed by atoms with Gasteiger partial charge >= 0.3 is 0 Å². The van der Waals surface area contributed by atoms with Gasteiger partial charge in [0, 0.05) is 49.9 Å². The molecule has 162 valence electrons. The maximum atomic E-state index is 13.3. The molecule has 3 saturated heterocycles. The van der Waals surface area contributed by atoms with Gasteiger partial charge < -0.3 is 14.6 Å². The third-order valence-electron chi connectivity index (χ3n) is 7.79. The van der Waals surface area contributed by atoms with E-state index in [4.69, 9.17) is 0 Å². The first-order valence-corrected chi connectivity index (χ1v) is 11.5. The zero-order chi connectivity index (χ0) is 21.1. The lowest BCUT2D eigenvalue weighted by atomic mass is 9.83. The van der Waals surface area contributed by atoms with Gasteiger partial charge in [-0.25, -0.2) is 0 Å². The molecule has 6 heterocycles. The average molecular weight is 421 g/mol. The summed E-state index contributed by atoms with van der Waals surface area (Å²) in [6, 6.07) is 8.01. The van der Waals surface area contributed by atoms with Crippen molar-refractivity contribution in [2.75, 3.05) is 13.1 Å². The number of rotatable bonds is 3. The number of aromatic hydroxyl groups is 1. The van der Waals surface area contributed by atoms with Crippen molar-refractivity contribution in [3.8, 4) is 5.75 Å².